The van der Waals surface area contributed by atoms with Gasteiger partial charge in [0.2, 0.25) is 0 Å². The third-order valence-corrected chi connectivity index (χ3v) is 3.63. The van der Waals surface area contributed by atoms with Gasteiger partial charge < -0.3 is 5.11 Å². The van der Waals surface area contributed by atoms with Gasteiger partial charge in [-0.05, 0) is 31.2 Å². The normalized spacial score (nSPS) is 12.3. The van der Waals surface area contributed by atoms with Crippen molar-refractivity contribution < 1.29 is 5.11 Å². The Balaban J connectivity index is 2.22. The van der Waals surface area contributed by atoms with E-state index in [-0.39, 0.29) is 0 Å². The van der Waals surface area contributed by atoms with E-state index >= 15 is 0 Å². The van der Waals surface area contributed by atoms with E-state index in [0.29, 0.717) is 10.7 Å². The molecule has 3 rings (SSSR count). The third-order valence-electron chi connectivity index (χ3n) is 3.30. The molecule has 0 aliphatic heterocycles. The molecule has 106 valence electrons. The fourth-order valence-electron chi connectivity index (χ4n) is 2.22. The van der Waals surface area contributed by atoms with Crippen LogP contribution in [0.4, 0.5) is 0 Å². The first-order valence-electron chi connectivity index (χ1n) is 6.74. The van der Waals surface area contributed by atoms with Crippen molar-refractivity contribution >= 4 is 11.6 Å². The standard InChI is InChI=1S/C17H15ClN2O/c1-12(21)16-11-20(13-7-3-2-4-8-13)17(19-16)14-9-5-6-10-15(14)18/h2-12,21H,1H3. The smallest absolute Gasteiger partial charge is 0.146 e. The summed E-state index contributed by atoms with van der Waals surface area (Å²) >= 11 is 6.29. The molecule has 1 unspecified atom stereocenters. The Morgan fingerprint density at radius 3 is 2.38 bits per heavy atom. The highest BCUT2D eigenvalue weighted by atomic mass is 35.5. The van der Waals surface area contributed by atoms with Crippen LogP contribution >= 0.6 is 11.6 Å². The maximum Gasteiger partial charge on any atom is 0.146 e. The predicted octanol–water partition coefficient (Wildman–Crippen LogP) is 4.25. The zero-order valence-electron chi connectivity index (χ0n) is 11.6. The summed E-state index contributed by atoms with van der Waals surface area (Å²) in [7, 11) is 0. The number of hydrogen-bond donors (Lipinski definition) is 1. The number of nitrogens with zero attached hydrogens (tertiary/aromatic N) is 2. The van der Waals surface area contributed by atoms with Crippen LogP contribution in [0.3, 0.4) is 0 Å². The van der Waals surface area contributed by atoms with Crippen LogP contribution in [-0.2, 0) is 0 Å². The molecule has 0 saturated carbocycles. The van der Waals surface area contributed by atoms with E-state index in [1.54, 1.807) is 6.92 Å². The number of imidazole rings is 1. The molecule has 0 saturated heterocycles. The molecule has 1 aromatic heterocycles. The number of aliphatic hydroxyl groups excluding tert-OH is 1. The molecule has 0 fully saturated rings. The zero-order chi connectivity index (χ0) is 14.8. The van der Waals surface area contributed by atoms with Gasteiger partial charge >= 0.3 is 0 Å². The van der Waals surface area contributed by atoms with Crippen molar-refractivity contribution in [2.45, 2.75) is 13.0 Å². The van der Waals surface area contributed by atoms with Crippen molar-refractivity contribution in [3.63, 3.8) is 0 Å². The van der Waals surface area contributed by atoms with Crippen LogP contribution in [0.2, 0.25) is 5.02 Å². The lowest BCUT2D eigenvalue weighted by Gasteiger charge is -2.08. The minimum absolute atomic E-state index is 0.619. The minimum atomic E-state index is -0.629. The Bertz CT molecular complexity index is 750. The van der Waals surface area contributed by atoms with Gasteiger partial charge in [-0.3, -0.25) is 4.57 Å². The Hall–Kier alpha value is -2.10. The van der Waals surface area contributed by atoms with E-state index in [2.05, 4.69) is 4.98 Å². The average molecular weight is 299 g/mol. The summed E-state index contributed by atoms with van der Waals surface area (Å²) in [5, 5.41) is 10.5. The summed E-state index contributed by atoms with van der Waals surface area (Å²) in [4.78, 5) is 4.55. The highest BCUT2D eigenvalue weighted by Gasteiger charge is 2.16. The average Bonchev–Trinajstić information content (AvgIpc) is 2.94. The van der Waals surface area contributed by atoms with Gasteiger partial charge in [0.15, 0.2) is 0 Å². The van der Waals surface area contributed by atoms with Crippen molar-refractivity contribution in [3.05, 3.63) is 71.5 Å². The van der Waals surface area contributed by atoms with Crippen molar-refractivity contribution in [1.29, 1.82) is 0 Å². The van der Waals surface area contributed by atoms with E-state index in [0.717, 1.165) is 17.1 Å². The molecule has 3 nitrogen and oxygen atoms in total. The van der Waals surface area contributed by atoms with Crippen LogP contribution in [0.25, 0.3) is 17.1 Å². The van der Waals surface area contributed by atoms with Crippen LogP contribution in [0.1, 0.15) is 18.7 Å². The molecule has 4 heteroatoms. The van der Waals surface area contributed by atoms with E-state index in [1.165, 1.54) is 0 Å². The molecule has 1 heterocycles. The van der Waals surface area contributed by atoms with Gasteiger partial charge in [0.05, 0.1) is 16.8 Å². The second-order valence-electron chi connectivity index (χ2n) is 4.85. The van der Waals surface area contributed by atoms with Gasteiger partial charge in [-0.25, -0.2) is 4.98 Å². The fraction of sp³-hybridized carbons (Fsp3) is 0.118. The number of rotatable bonds is 3. The van der Waals surface area contributed by atoms with E-state index in [4.69, 9.17) is 11.6 Å². The van der Waals surface area contributed by atoms with Gasteiger partial charge in [0.25, 0.3) is 0 Å². The summed E-state index contributed by atoms with van der Waals surface area (Å²) in [5.74, 6) is 0.725. The van der Waals surface area contributed by atoms with Crippen molar-refractivity contribution in [1.82, 2.24) is 9.55 Å². The lowest BCUT2D eigenvalue weighted by atomic mass is 10.2. The minimum Gasteiger partial charge on any atom is -0.387 e. The first-order valence-corrected chi connectivity index (χ1v) is 7.12. The molecule has 1 atom stereocenters. The van der Waals surface area contributed by atoms with Gasteiger partial charge in [0.1, 0.15) is 5.82 Å². The number of aromatic nitrogens is 2. The molecule has 21 heavy (non-hydrogen) atoms. The Labute approximate surface area is 128 Å². The lowest BCUT2D eigenvalue weighted by molar-refractivity contribution is 0.195. The lowest BCUT2D eigenvalue weighted by Crippen LogP contribution is -1.96. The summed E-state index contributed by atoms with van der Waals surface area (Å²) in [6.07, 6.45) is 1.22. The molecule has 3 aromatic rings. The maximum atomic E-state index is 9.82. The molecule has 0 bridgehead atoms. The number of aliphatic hydroxyl groups is 1. The number of para-hydroxylation sites is 1. The van der Waals surface area contributed by atoms with Crippen molar-refractivity contribution in [3.8, 4) is 17.1 Å². The molecule has 0 radical (unpaired) electrons. The first kappa shape index (κ1) is 13.9. The number of halogens is 1. The van der Waals surface area contributed by atoms with Crippen LogP contribution in [0.15, 0.2) is 60.8 Å². The summed E-state index contributed by atoms with van der Waals surface area (Å²) < 4.78 is 1.95. The van der Waals surface area contributed by atoms with Crippen molar-refractivity contribution in [2.75, 3.05) is 0 Å². The monoisotopic (exact) mass is 298 g/mol. The summed E-state index contributed by atoms with van der Waals surface area (Å²) in [6.45, 7) is 1.70. The van der Waals surface area contributed by atoms with Crippen LogP contribution in [0, 0.1) is 0 Å². The molecule has 0 aliphatic rings. The Kier molecular flexibility index (Phi) is 3.78. The molecule has 0 aliphatic carbocycles. The van der Waals surface area contributed by atoms with Gasteiger partial charge in [-0.2, -0.15) is 0 Å². The molecule has 0 amide bonds. The maximum absolute atomic E-state index is 9.82. The second-order valence-corrected chi connectivity index (χ2v) is 5.26. The second kappa shape index (κ2) is 5.72. The third kappa shape index (κ3) is 2.71. The molecule has 0 spiro atoms. The highest BCUT2D eigenvalue weighted by molar-refractivity contribution is 6.33. The van der Waals surface area contributed by atoms with Crippen molar-refractivity contribution in [2.24, 2.45) is 0 Å². The van der Waals surface area contributed by atoms with Crippen LogP contribution < -0.4 is 0 Å². The SMILES string of the molecule is CC(O)c1cn(-c2ccccc2)c(-c2ccccc2Cl)n1. The van der Waals surface area contributed by atoms with Crippen LogP contribution in [0.5, 0.6) is 0 Å². The molecular formula is C17H15ClN2O. The molecule has 2 aromatic carbocycles. The Morgan fingerprint density at radius 1 is 1.05 bits per heavy atom. The van der Waals surface area contributed by atoms with E-state index in [1.807, 2.05) is 65.4 Å². The number of benzene rings is 2. The fourth-order valence-corrected chi connectivity index (χ4v) is 2.44. The summed E-state index contributed by atoms with van der Waals surface area (Å²) in [5.41, 5.74) is 2.44. The Morgan fingerprint density at radius 2 is 1.71 bits per heavy atom. The van der Waals surface area contributed by atoms with Gasteiger partial charge in [0, 0.05) is 17.4 Å². The van der Waals surface area contributed by atoms with E-state index in [9.17, 15) is 5.11 Å². The first-order chi connectivity index (χ1) is 10.2. The highest BCUT2D eigenvalue weighted by Crippen LogP contribution is 2.30. The zero-order valence-corrected chi connectivity index (χ0v) is 12.3. The predicted molar refractivity (Wildman–Crippen MR) is 84.6 cm³/mol. The largest absolute Gasteiger partial charge is 0.387 e. The van der Waals surface area contributed by atoms with E-state index < -0.39 is 6.10 Å². The molecule has 1 N–H and O–H groups in total. The molecular weight excluding hydrogens is 284 g/mol. The topological polar surface area (TPSA) is 38.0 Å². The quantitative estimate of drug-likeness (QED) is 0.785. The summed E-state index contributed by atoms with van der Waals surface area (Å²) in [6, 6.07) is 17.5. The van der Waals surface area contributed by atoms with Gasteiger partial charge in [-0.15, -0.1) is 0 Å². The van der Waals surface area contributed by atoms with Gasteiger partial charge in [-0.1, -0.05) is 41.9 Å². The number of hydrogen-bond acceptors (Lipinski definition) is 2. The van der Waals surface area contributed by atoms with Crippen LogP contribution in [-0.4, -0.2) is 14.7 Å².